The average molecular weight is 309 g/mol. The van der Waals surface area contributed by atoms with Crippen molar-refractivity contribution in [1.29, 1.82) is 0 Å². The van der Waals surface area contributed by atoms with Crippen molar-refractivity contribution in [2.75, 3.05) is 32.1 Å². The topological polar surface area (TPSA) is 76.1 Å². The molecule has 0 aromatic carbocycles. The third-order valence-electron chi connectivity index (χ3n) is 2.06. The van der Waals surface area contributed by atoms with Crippen molar-refractivity contribution in [2.24, 2.45) is 5.92 Å². The molecule has 1 rings (SSSR count). The minimum absolute atomic E-state index is 0. The number of hydrogen-bond donors (Lipinski definition) is 2. The number of nitrogens with zero attached hydrogens (tertiary/aromatic N) is 2. The van der Waals surface area contributed by atoms with Crippen LogP contribution in [0.5, 0.6) is 0 Å². The molecule has 0 bridgehead atoms. The Balaban J connectivity index is 0.00000324. The first-order chi connectivity index (χ1) is 8.61. The zero-order chi connectivity index (χ0) is 13.4. The standard InChI is InChI=1S/C11H20N4O2S.ClH/c1-8(2)6-10-14-15-11(18-10)13-9(16)7-12-4-5-17-3;/h8,12H,4-7H2,1-3H3,(H,13,15,16);1H. The van der Waals surface area contributed by atoms with Gasteiger partial charge in [0.15, 0.2) is 0 Å². The van der Waals surface area contributed by atoms with Gasteiger partial charge in [-0.15, -0.1) is 22.6 Å². The molecule has 6 nitrogen and oxygen atoms in total. The Morgan fingerprint density at radius 1 is 1.42 bits per heavy atom. The summed E-state index contributed by atoms with van der Waals surface area (Å²) >= 11 is 1.43. The second-order valence-corrected chi connectivity index (χ2v) is 5.38. The summed E-state index contributed by atoms with van der Waals surface area (Å²) in [5.41, 5.74) is 0. The SMILES string of the molecule is COCCNCC(=O)Nc1nnc(CC(C)C)s1.Cl. The normalized spacial score (nSPS) is 10.3. The number of halogens is 1. The van der Waals surface area contributed by atoms with Crippen LogP contribution in [0.1, 0.15) is 18.9 Å². The lowest BCUT2D eigenvalue weighted by atomic mass is 10.1. The van der Waals surface area contributed by atoms with E-state index >= 15 is 0 Å². The number of rotatable bonds is 8. The summed E-state index contributed by atoms with van der Waals surface area (Å²) in [5.74, 6) is 0.426. The Kier molecular flexibility index (Phi) is 9.68. The number of ether oxygens (including phenoxy) is 1. The van der Waals surface area contributed by atoms with Crippen molar-refractivity contribution in [2.45, 2.75) is 20.3 Å². The van der Waals surface area contributed by atoms with Gasteiger partial charge in [-0.3, -0.25) is 10.1 Å². The Morgan fingerprint density at radius 3 is 2.79 bits per heavy atom. The first kappa shape index (κ1) is 18.2. The molecule has 1 heterocycles. The van der Waals surface area contributed by atoms with Crippen LogP contribution in [0, 0.1) is 5.92 Å². The van der Waals surface area contributed by atoms with E-state index in [0.29, 0.717) is 24.2 Å². The Labute approximate surface area is 123 Å². The van der Waals surface area contributed by atoms with Gasteiger partial charge in [-0.05, 0) is 5.92 Å². The van der Waals surface area contributed by atoms with Gasteiger partial charge >= 0.3 is 0 Å². The molecule has 1 aromatic rings. The summed E-state index contributed by atoms with van der Waals surface area (Å²) in [5, 5.41) is 15.2. The highest BCUT2D eigenvalue weighted by atomic mass is 35.5. The van der Waals surface area contributed by atoms with Crippen LogP contribution >= 0.6 is 23.7 Å². The number of carbonyl (C=O) groups excluding carboxylic acids is 1. The van der Waals surface area contributed by atoms with E-state index in [-0.39, 0.29) is 24.9 Å². The van der Waals surface area contributed by atoms with Crippen LogP contribution in [0.15, 0.2) is 0 Å². The van der Waals surface area contributed by atoms with Crippen molar-refractivity contribution in [3.8, 4) is 0 Å². The molecule has 0 fully saturated rings. The van der Waals surface area contributed by atoms with Crippen LogP contribution in [0.25, 0.3) is 0 Å². The Hall–Kier alpha value is -0.760. The van der Waals surface area contributed by atoms with Crippen LogP contribution in [0.3, 0.4) is 0 Å². The molecule has 0 unspecified atom stereocenters. The summed E-state index contributed by atoms with van der Waals surface area (Å²) in [6.45, 7) is 5.74. The predicted molar refractivity (Wildman–Crippen MR) is 79.1 cm³/mol. The summed E-state index contributed by atoms with van der Waals surface area (Å²) in [6, 6.07) is 0. The van der Waals surface area contributed by atoms with Gasteiger partial charge in [-0.2, -0.15) is 0 Å². The van der Waals surface area contributed by atoms with Crippen molar-refractivity contribution in [1.82, 2.24) is 15.5 Å². The van der Waals surface area contributed by atoms with Gasteiger partial charge in [-0.25, -0.2) is 0 Å². The van der Waals surface area contributed by atoms with Gasteiger partial charge in [0.1, 0.15) is 5.01 Å². The zero-order valence-electron chi connectivity index (χ0n) is 11.4. The van der Waals surface area contributed by atoms with E-state index in [4.69, 9.17) is 4.74 Å². The van der Waals surface area contributed by atoms with Crippen LogP contribution in [-0.2, 0) is 16.0 Å². The molecule has 0 aliphatic rings. The molecule has 0 radical (unpaired) electrons. The van der Waals surface area contributed by atoms with Crippen LogP contribution in [-0.4, -0.2) is 42.9 Å². The fourth-order valence-corrected chi connectivity index (χ4v) is 2.24. The molecule has 110 valence electrons. The third-order valence-corrected chi connectivity index (χ3v) is 2.93. The van der Waals surface area contributed by atoms with Gasteiger partial charge in [0.25, 0.3) is 0 Å². The number of nitrogens with one attached hydrogen (secondary N) is 2. The molecule has 1 amide bonds. The highest BCUT2D eigenvalue weighted by Gasteiger charge is 2.08. The van der Waals surface area contributed by atoms with E-state index in [0.717, 1.165) is 11.4 Å². The molecule has 0 aliphatic heterocycles. The summed E-state index contributed by atoms with van der Waals surface area (Å²) in [6.07, 6.45) is 0.889. The zero-order valence-corrected chi connectivity index (χ0v) is 13.1. The number of carbonyl (C=O) groups is 1. The first-order valence-electron chi connectivity index (χ1n) is 5.93. The van der Waals surface area contributed by atoms with Crippen LogP contribution in [0.2, 0.25) is 0 Å². The fourth-order valence-electron chi connectivity index (χ4n) is 1.28. The van der Waals surface area contributed by atoms with E-state index in [1.807, 2.05) is 0 Å². The maximum Gasteiger partial charge on any atom is 0.240 e. The minimum atomic E-state index is -0.113. The predicted octanol–water partition coefficient (Wildman–Crippen LogP) is 1.33. The molecule has 1 aromatic heterocycles. The molecular weight excluding hydrogens is 288 g/mol. The molecule has 0 aliphatic carbocycles. The van der Waals surface area contributed by atoms with Gasteiger partial charge in [0.05, 0.1) is 13.2 Å². The molecule has 19 heavy (non-hydrogen) atoms. The molecule has 0 atom stereocenters. The highest BCUT2D eigenvalue weighted by Crippen LogP contribution is 2.17. The van der Waals surface area contributed by atoms with Crippen molar-refractivity contribution in [3.05, 3.63) is 5.01 Å². The molecule has 0 saturated carbocycles. The maximum atomic E-state index is 11.5. The summed E-state index contributed by atoms with van der Waals surface area (Å²) < 4.78 is 4.87. The first-order valence-corrected chi connectivity index (χ1v) is 6.75. The van der Waals surface area contributed by atoms with Crippen molar-refractivity contribution >= 4 is 34.8 Å². The molecule has 8 heteroatoms. The second-order valence-electron chi connectivity index (χ2n) is 4.32. The Bertz CT molecular complexity index is 373. The molecule has 2 N–H and O–H groups in total. The van der Waals surface area contributed by atoms with Crippen LogP contribution < -0.4 is 10.6 Å². The number of amides is 1. The fraction of sp³-hybridized carbons (Fsp3) is 0.727. The summed E-state index contributed by atoms with van der Waals surface area (Å²) in [7, 11) is 1.62. The number of anilines is 1. The van der Waals surface area contributed by atoms with E-state index < -0.39 is 0 Å². The largest absolute Gasteiger partial charge is 0.383 e. The summed E-state index contributed by atoms with van der Waals surface area (Å²) in [4.78, 5) is 11.5. The number of aromatic nitrogens is 2. The van der Waals surface area contributed by atoms with Gasteiger partial charge in [-0.1, -0.05) is 25.2 Å². The average Bonchev–Trinajstić information content (AvgIpc) is 2.71. The maximum absolute atomic E-state index is 11.5. The number of hydrogen-bond acceptors (Lipinski definition) is 6. The smallest absolute Gasteiger partial charge is 0.240 e. The lowest BCUT2D eigenvalue weighted by Gasteiger charge is -2.03. The van der Waals surface area contributed by atoms with Crippen molar-refractivity contribution in [3.63, 3.8) is 0 Å². The third kappa shape index (κ3) is 8.10. The molecule has 0 spiro atoms. The van der Waals surface area contributed by atoms with Gasteiger partial charge in [0.2, 0.25) is 11.0 Å². The monoisotopic (exact) mass is 308 g/mol. The van der Waals surface area contributed by atoms with E-state index in [1.165, 1.54) is 11.3 Å². The van der Waals surface area contributed by atoms with E-state index in [1.54, 1.807) is 7.11 Å². The van der Waals surface area contributed by atoms with E-state index in [9.17, 15) is 4.79 Å². The van der Waals surface area contributed by atoms with Crippen molar-refractivity contribution < 1.29 is 9.53 Å². The second kappa shape index (κ2) is 10.1. The minimum Gasteiger partial charge on any atom is -0.383 e. The van der Waals surface area contributed by atoms with Gasteiger partial charge in [0, 0.05) is 20.1 Å². The van der Waals surface area contributed by atoms with E-state index in [2.05, 4.69) is 34.7 Å². The Morgan fingerprint density at radius 2 is 2.16 bits per heavy atom. The quantitative estimate of drug-likeness (QED) is 0.709. The highest BCUT2D eigenvalue weighted by molar-refractivity contribution is 7.15. The number of methoxy groups -OCH3 is 1. The molecular formula is C11H21ClN4O2S. The van der Waals surface area contributed by atoms with Gasteiger partial charge < -0.3 is 10.1 Å². The van der Waals surface area contributed by atoms with Crippen LogP contribution in [0.4, 0.5) is 5.13 Å². The lowest BCUT2D eigenvalue weighted by Crippen LogP contribution is -2.30. The lowest BCUT2D eigenvalue weighted by molar-refractivity contribution is -0.115. The molecule has 0 saturated heterocycles.